The minimum atomic E-state index is -1.46. The number of nitrogens with one attached hydrogen (secondary N) is 2. The number of anilines is 3. The van der Waals surface area contributed by atoms with Crippen LogP contribution in [0.3, 0.4) is 0 Å². The summed E-state index contributed by atoms with van der Waals surface area (Å²) in [5.41, 5.74) is 4.92. The van der Waals surface area contributed by atoms with Gasteiger partial charge in [-0.2, -0.15) is 9.37 Å². The molecule has 1 unspecified atom stereocenters. The molecule has 1 atom stereocenters. The molecule has 8 nitrogen and oxygen atoms in total. The molecule has 0 radical (unpaired) electrons. The first-order chi connectivity index (χ1) is 15.6. The molecular formula is C21H19F4N5O3. The number of aromatic nitrogens is 2. The standard InChI is InChI=1S/C21H19F4N5O3/c1-8-2-3-9-16(27-4-5-28-20-12(23)6-11(22)19(25)29-20)14(24)15(26)13-17(9)30(8)7-10(18(13)31)21(32)33/h6-8,27H,2-5,26H2,1H3,(H,28,29)(H,32,33). The van der Waals surface area contributed by atoms with Crippen LogP contribution in [-0.4, -0.2) is 33.7 Å². The van der Waals surface area contributed by atoms with E-state index in [9.17, 15) is 27.9 Å². The maximum absolute atomic E-state index is 15.2. The molecule has 0 amide bonds. The van der Waals surface area contributed by atoms with Crippen molar-refractivity contribution in [3.05, 3.63) is 57.0 Å². The fourth-order valence-electron chi connectivity index (χ4n) is 4.04. The molecular weight excluding hydrogens is 446 g/mol. The van der Waals surface area contributed by atoms with Crippen LogP contribution in [0.4, 0.5) is 34.8 Å². The van der Waals surface area contributed by atoms with E-state index in [2.05, 4.69) is 15.6 Å². The second-order valence-electron chi connectivity index (χ2n) is 7.72. The number of nitrogens with zero attached hydrogens (tertiary/aromatic N) is 2. The predicted molar refractivity (Wildman–Crippen MR) is 114 cm³/mol. The second-order valence-corrected chi connectivity index (χ2v) is 7.72. The molecule has 3 aromatic rings. The third-order valence-electron chi connectivity index (χ3n) is 5.67. The Balaban J connectivity index is 1.69. The minimum absolute atomic E-state index is 0.0159. The summed E-state index contributed by atoms with van der Waals surface area (Å²) in [5.74, 6) is -6.81. The van der Waals surface area contributed by atoms with E-state index in [-0.39, 0.29) is 30.2 Å². The van der Waals surface area contributed by atoms with Gasteiger partial charge in [0.2, 0.25) is 5.43 Å². The Morgan fingerprint density at radius 3 is 2.64 bits per heavy atom. The van der Waals surface area contributed by atoms with Crippen molar-refractivity contribution in [3.8, 4) is 0 Å². The van der Waals surface area contributed by atoms with Crippen LogP contribution in [0.25, 0.3) is 10.9 Å². The van der Waals surface area contributed by atoms with Crippen LogP contribution < -0.4 is 21.8 Å². The van der Waals surface area contributed by atoms with Gasteiger partial charge in [-0.3, -0.25) is 4.79 Å². The average Bonchev–Trinajstić information content (AvgIpc) is 2.76. The monoisotopic (exact) mass is 465 g/mol. The largest absolute Gasteiger partial charge is 0.477 e. The van der Waals surface area contributed by atoms with Crippen molar-refractivity contribution in [2.75, 3.05) is 29.5 Å². The first-order valence-corrected chi connectivity index (χ1v) is 10.0. The van der Waals surface area contributed by atoms with E-state index in [1.54, 1.807) is 4.57 Å². The number of aromatic carboxylic acids is 1. The summed E-state index contributed by atoms with van der Waals surface area (Å²) < 4.78 is 56.7. The Morgan fingerprint density at radius 2 is 1.94 bits per heavy atom. The molecule has 1 aliphatic rings. The molecule has 174 valence electrons. The van der Waals surface area contributed by atoms with Crippen molar-refractivity contribution in [2.45, 2.75) is 25.8 Å². The molecule has 0 saturated heterocycles. The lowest BCUT2D eigenvalue weighted by atomic mass is 9.93. The fraction of sp³-hybridized carbons (Fsp3) is 0.286. The van der Waals surface area contributed by atoms with E-state index in [0.717, 1.165) is 0 Å². The lowest BCUT2D eigenvalue weighted by molar-refractivity contribution is 0.0694. The van der Waals surface area contributed by atoms with Crippen LogP contribution in [0.5, 0.6) is 0 Å². The lowest BCUT2D eigenvalue weighted by Gasteiger charge is -2.29. The van der Waals surface area contributed by atoms with Crippen molar-refractivity contribution in [1.82, 2.24) is 9.55 Å². The van der Waals surface area contributed by atoms with Crippen LogP contribution in [0.15, 0.2) is 17.1 Å². The van der Waals surface area contributed by atoms with Crippen LogP contribution in [0.1, 0.15) is 35.3 Å². The molecule has 0 fully saturated rings. The van der Waals surface area contributed by atoms with Crippen molar-refractivity contribution in [2.24, 2.45) is 0 Å². The quantitative estimate of drug-likeness (QED) is 0.191. The normalized spacial score (nSPS) is 15.0. The van der Waals surface area contributed by atoms with Crippen molar-refractivity contribution < 1.29 is 27.5 Å². The number of pyridine rings is 2. The second kappa shape index (κ2) is 8.26. The number of rotatable bonds is 6. The van der Waals surface area contributed by atoms with Crippen molar-refractivity contribution in [1.29, 1.82) is 0 Å². The van der Waals surface area contributed by atoms with Crippen LogP contribution >= 0.6 is 0 Å². The first kappa shape index (κ1) is 22.4. The molecule has 4 rings (SSSR count). The molecule has 1 aromatic carbocycles. The van der Waals surface area contributed by atoms with Crippen molar-refractivity contribution in [3.63, 3.8) is 0 Å². The Hall–Kier alpha value is -3.83. The Bertz CT molecular complexity index is 1360. The molecule has 0 aliphatic carbocycles. The van der Waals surface area contributed by atoms with Gasteiger partial charge in [-0.1, -0.05) is 0 Å². The summed E-state index contributed by atoms with van der Waals surface area (Å²) in [4.78, 5) is 27.4. The maximum Gasteiger partial charge on any atom is 0.341 e. The molecule has 33 heavy (non-hydrogen) atoms. The number of hydrogen-bond acceptors (Lipinski definition) is 6. The number of halogens is 4. The van der Waals surface area contributed by atoms with E-state index >= 15 is 4.39 Å². The maximum atomic E-state index is 15.2. The van der Waals surface area contributed by atoms with Crippen LogP contribution in [0, 0.1) is 23.4 Å². The highest BCUT2D eigenvalue weighted by Gasteiger charge is 2.29. The zero-order chi connectivity index (χ0) is 24.0. The van der Waals surface area contributed by atoms with E-state index in [1.807, 2.05) is 6.92 Å². The van der Waals surface area contributed by atoms with Crippen molar-refractivity contribution >= 4 is 34.1 Å². The Morgan fingerprint density at radius 1 is 1.24 bits per heavy atom. The molecule has 2 aromatic heterocycles. The minimum Gasteiger partial charge on any atom is -0.477 e. The highest BCUT2D eigenvalue weighted by atomic mass is 19.2. The summed E-state index contributed by atoms with van der Waals surface area (Å²) in [7, 11) is 0. The highest BCUT2D eigenvalue weighted by Crippen LogP contribution is 2.39. The summed E-state index contributed by atoms with van der Waals surface area (Å²) in [5, 5.41) is 14.5. The van der Waals surface area contributed by atoms with Gasteiger partial charge in [-0.05, 0) is 19.8 Å². The summed E-state index contributed by atoms with van der Waals surface area (Å²) >= 11 is 0. The number of benzene rings is 1. The van der Waals surface area contributed by atoms with Crippen LogP contribution in [-0.2, 0) is 6.42 Å². The van der Waals surface area contributed by atoms with Gasteiger partial charge in [-0.15, -0.1) is 0 Å². The number of carbonyl (C=O) groups is 1. The highest BCUT2D eigenvalue weighted by molar-refractivity contribution is 6.01. The van der Waals surface area contributed by atoms with E-state index in [1.165, 1.54) is 6.20 Å². The average molecular weight is 465 g/mol. The third kappa shape index (κ3) is 3.70. The van der Waals surface area contributed by atoms with Gasteiger partial charge in [0.15, 0.2) is 23.3 Å². The SMILES string of the molecule is CC1CCc2c(NCCNc3nc(F)c(F)cc3F)c(F)c(N)c3c(=O)c(C(=O)O)cn1c23. The number of nitrogens with two attached hydrogens (primary N) is 1. The number of hydrogen-bond donors (Lipinski definition) is 4. The summed E-state index contributed by atoms with van der Waals surface area (Å²) in [6.45, 7) is 1.83. The zero-order valence-corrected chi connectivity index (χ0v) is 17.3. The van der Waals surface area contributed by atoms with Crippen LogP contribution in [0.2, 0.25) is 0 Å². The van der Waals surface area contributed by atoms with Gasteiger partial charge in [0.25, 0.3) is 5.95 Å². The van der Waals surface area contributed by atoms with Gasteiger partial charge in [0.05, 0.1) is 22.3 Å². The molecule has 5 N–H and O–H groups in total. The smallest absolute Gasteiger partial charge is 0.341 e. The van der Waals surface area contributed by atoms with E-state index < -0.39 is 51.9 Å². The number of aryl methyl sites for hydroxylation is 1. The van der Waals surface area contributed by atoms with Gasteiger partial charge in [0, 0.05) is 37.0 Å². The third-order valence-corrected chi connectivity index (χ3v) is 5.67. The van der Waals surface area contributed by atoms with Gasteiger partial charge < -0.3 is 26.0 Å². The summed E-state index contributed by atoms with van der Waals surface area (Å²) in [6.07, 6.45) is 2.20. The van der Waals surface area contributed by atoms with E-state index in [4.69, 9.17) is 5.73 Å². The predicted octanol–water partition coefficient (Wildman–Crippen LogP) is 3.26. The Kier molecular flexibility index (Phi) is 5.60. The molecule has 12 heteroatoms. The molecule has 0 bridgehead atoms. The first-order valence-electron chi connectivity index (χ1n) is 10.0. The summed E-state index contributed by atoms with van der Waals surface area (Å²) in [6, 6.07) is 0.207. The topological polar surface area (TPSA) is 122 Å². The number of carboxylic acid groups (broad SMARTS) is 1. The van der Waals surface area contributed by atoms with E-state index in [0.29, 0.717) is 30.0 Å². The van der Waals surface area contributed by atoms with Gasteiger partial charge >= 0.3 is 5.97 Å². The van der Waals surface area contributed by atoms with Gasteiger partial charge in [0.1, 0.15) is 5.56 Å². The molecule has 0 saturated carbocycles. The zero-order valence-electron chi connectivity index (χ0n) is 17.3. The molecule has 0 spiro atoms. The number of nitrogen functional groups attached to an aromatic ring is 1. The lowest BCUT2D eigenvalue weighted by Crippen LogP contribution is -2.26. The number of carboxylic acids is 1. The molecule has 3 heterocycles. The Labute approximate surface area is 184 Å². The molecule has 1 aliphatic heterocycles. The fourth-order valence-corrected chi connectivity index (χ4v) is 4.04. The van der Waals surface area contributed by atoms with Gasteiger partial charge in [-0.25, -0.2) is 18.0 Å².